The molecule has 2 heterocycles. The Morgan fingerprint density at radius 2 is 2.39 bits per heavy atom. The number of oxime groups is 1. The van der Waals surface area contributed by atoms with E-state index in [1.807, 2.05) is 12.1 Å². The summed E-state index contributed by atoms with van der Waals surface area (Å²) in [7, 11) is 0. The van der Waals surface area contributed by atoms with E-state index in [4.69, 9.17) is 10.9 Å². The molecule has 1 aromatic rings. The summed E-state index contributed by atoms with van der Waals surface area (Å²) in [4.78, 5) is 6.61. The first-order chi connectivity index (χ1) is 8.54. The first-order valence-corrected chi connectivity index (χ1v) is 6.21. The minimum Gasteiger partial charge on any atom is -0.409 e. The van der Waals surface area contributed by atoms with Crippen molar-refractivity contribution < 1.29 is 5.21 Å². The maximum Gasteiger partial charge on any atom is 0.189 e. The van der Waals surface area contributed by atoms with Crippen LogP contribution < -0.4 is 5.73 Å². The summed E-state index contributed by atoms with van der Waals surface area (Å²) >= 11 is 0. The molecule has 0 spiro atoms. The van der Waals surface area contributed by atoms with Crippen LogP contribution in [0.1, 0.15) is 37.9 Å². The van der Waals surface area contributed by atoms with Gasteiger partial charge in [0.15, 0.2) is 5.84 Å². The molecule has 2 rings (SSSR count). The third kappa shape index (κ3) is 2.46. The van der Waals surface area contributed by atoms with E-state index in [0.29, 0.717) is 5.69 Å². The molecule has 5 nitrogen and oxygen atoms in total. The molecule has 5 heteroatoms. The van der Waals surface area contributed by atoms with Crippen molar-refractivity contribution in [3.05, 3.63) is 29.6 Å². The van der Waals surface area contributed by atoms with Gasteiger partial charge in [0.1, 0.15) is 5.69 Å². The molecule has 0 aliphatic carbocycles. The van der Waals surface area contributed by atoms with Gasteiger partial charge in [0.05, 0.1) is 0 Å². The highest BCUT2D eigenvalue weighted by molar-refractivity contribution is 5.96. The van der Waals surface area contributed by atoms with Gasteiger partial charge in [-0.05, 0) is 44.9 Å². The SMILES string of the molecule is CC1(C)CCCN1Cc1cccnc1C(N)=NO. The van der Waals surface area contributed by atoms with Gasteiger partial charge in [0.25, 0.3) is 0 Å². The predicted molar refractivity (Wildman–Crippen MR) is 70.5 cm³/mol. The van der Waals surface area contributed by atoms with E-state index < -0.39 is 0 Å². The number of pyridine rings is 1. The van der Waals surface area contributed by atoms with Crippen molar-refractivity contribution in [1.29, 1.82) is 0 Å². The Hall–Kier alpha value is -1.62. The van der Waals surface area contributed by atoms with Crippen LogP contribution in [0.15, 0.2) is 23.5 Å². The third-order valence-electron chi connectivity index (χ3n) is 3.68. The molecule has 0 aromatic carbocycles. The van der Waals surface area contributed by atoms with Crippen LogP contribution in [-0.4, -0.2) is 33.0 Å². The first-order valence-electron chi connectivity index (χ1n) is 6.21. The lowest BCUT2D eigenvalue weighted by Crippen LogP contribution is -2.38. The lowest BCUT2D eigenvalue weighted by molar-refractivity contribution is 0.166. The smallest absolute Gasteiger partial charge is 0.189 e. The van der Waals surface area contributed by atoms with Crippen LogP contribution in [0.2, 0.25) is 0 Å². The number of nitrogens with zero attached hydrogens (tertiary/aromatic N) is 3. The van der Waals surface area contributed by atoms with Crippen molar-refractivity contribution in [1.82, 2.24) is 9.88 Å². The van der Waals surface area contributed by atoms with Gasteiger partial charge >= 0.3 is 0 Å². The molecule has 0 saturated carbocycles. The number of rotatable bonds is 3. The number of aromatic nitrogens is 1. The standard InChI is InChI=1S/C13H20N4O/c1-13(2)6-4-8-17(13)9-10-5-3-7-15-11(10)12(14)16-18/h3,5,7,18H,4,6,8-9H2,1-2H3,(H2,14,16). The second-order valence-corrected chi connectivity index (χ2v) is 5.33. The highest BCUT2D eigenvalue weighted by Gasteiger charge is 2.32. The van der Waals surface area contributed by atoms with Gasteiger partial charge in [-0.15, -0.1) is 0 Å². The zero-order valence-electron chi connectivity index (χ0n) is 10.9. The van der Waals surface area contributed by atoms with E-state index in [0.717, 1.165) is 18.7 Å². The van der Waals surface area contributed by atoms with Gasteiger partial charge in [-0.3, -0.25) is 9.88 Å². The fourth-order valence-corrected chi connectivity index (χ4v) is 2.51. The Labute approximate surface area is 107 Å². The van der Waals surface area contributed by atoms with Gasteiger partial charge in [0.2, 0.25) is 0 Å². The number of likely N-dealkylation sites (tertiary alicyclic amines) is 1. The summed E-state index contributed by atoms with van der Waals surface area (Å²) in [6, 6.07) is 3.86. The average molecular weight is 248 g/mol. The molecule has 1 aromatic heterocycles. The molecule has 1 fully saturated rings. The van der Waals surface area contributed by atoms with Crippen molar-refractivity contribution in [2.24, 2.45) is 10.9 Å². The van der Waals surface area contributed by atoms with Gasteiger partial charge in [-0.2, -0.15) is 0 Å². The van der Waals surface area contributed by atoms with Crippen molar-refractivity contribution in [2.75, 3.05) is 6.54 Å². The largest absolute Gasteiger partial charge is 0.409 e. The normalized spacial score (nSPS) is 20.2. The zero-order chi connectivity index (χ0) is 13.2. The lowest BCUT2D eigenvalue weighted by Gasteiger charge is -2.31. The average Bonchev–Trinajstić information content (AvgIpc) is 2.68. The van der Waals surface area contributed by atoms with Crippen molar-refractivity contribution >= 4 is 5.84 Å². The van der Waals surface area contributed by atoms with Crippen LogP contribution in [-0.2, 0) is 6.54 Å². The molecule has 3 N–H and O–H groups in total. The third-order valence-corrected chi connectivity index (χ3v) is 3.68. The van der Waals surface area contributed by atoms with Crippen molar-refractivity contribution in [2.45, 2.75) is 38.8 Å². The lowest BCUT2D eigenvalue weighted by atomic mass is 10.0. The predicted octanol–water partition coefficient (Wildman–Crippen LogP) is 1.55. The molecular formula is C13H20N4O. The fraction of sp³-hybridized carbons (Fsp3) is 0.538. The quantitative estimate of drug-likeness (QED) is 0.368. The van der Waals surface area contributed by atoms with E-state index in [2.05, 4.69) is 28.9 Å². The Morgan fingerprint density at radius 3 is 3.00 bits per heavy atom. The summed E-state index contributed by atoms with van der Waals surface area (Å²) in [6.07, 6.45) is 4.07. The van der Waals surface area contributed by atoms with E-state index in [9.17, 15) is 0 Å². The van der Waals surface area contributed by atoms with Gasteiger partial charge in [-0.1, -0.05) is 11.2 Å². The van der Waals surface area contributed by atoms with Crippen LogP contribution in [0.25, 0.3) is 0 Å². The summed E-state index contributed by atoms with van der Waals surface area (Å²) in [6.45, 7) is 6.36. The first kappa shape index (κ1) is 12.8. The number of hydrogen-bond donors (Lipinski definition) is 2. The molecular weight excluding hydrogens is 228 g/mol. The number of nitrogens with two attached hydrogens (primary N) is 1. The van der Waals surface area contributed by atoms with Crippen LogP contribution in [0, 0.1) is 0 Å². The molecule has 1 saturated heterocycles. The fourth-order valence-electron chi connectivity index (χ4n) is 2.51. The summed E-state index contributed by atoms with van der Waals surface area (Å²) in [5.74, 6) is 0.0719. The Kier molecular flexibility index (Phi) is 3.52. The topological polar surface area (TPSA) is 74.7 Å². The molecule has 0 atom stereocenters. The Balaban J connectivity index is 2.24. The molecule has 98 valence electrons. The van der Waals surface area contributed by atoms with Gasteiger partial charge < -0.3 is 10.9 Å². The minimum absolute atomic E-state index is 0.0719. The second kappa shape index (κ2) is 4.94. The second-order valence-electron chi connectivity index (χ2n) is 5.33. The van der Waals surface area contributed by atoms with E-state index in [1.165, 1.54) is 12.8 Å². The molecule has 0 amide bonds. The monoisotopic (exact) mass is 248 g/mol. The molecule has 0 radical (unpaired) electrons. The van der Waals surface area contributed by atoms with E-state index in [-0.39, 0.29) is 11.4 Å². The number of amidine groups is 1. The van der Waals surface area contributed by atoms with Crippen molar-refractivity contribution in [3.63, 3.8) is 0 Å². The molecule has 1 aliphatic rings. The highest BCUT2D eigenvalue weighted by Crippen LogP contribution is 2.30. The van der Waals surface area contributed by atoms with Crippen LogP contribution >= 0.6 is 0 Å². The van der Waals surface area contributed by atoms with Crippen molar-refractivity contribution in [3.8, 4) is 0 Å². The molecule has 1 aliphatic heterocycles. The van der Waals surface area contributed by atoms with Crippen LogP contribution in [0.3, 0.4) is 0 Å². The zero-order valence-corrected chi connectivity index (χ0v) is 10.9. The molecule has 0 unspecified atom stereocenters. The summed E-state index contributed by atoms with van der Waals surface area (Å²) < 4.78 is 0. The maximum absolute atomic E-state index is 8.79. The Morgan fingerprint density at radius 1 is 1.61 bits per heavy atom. The van der Waals surface area contributed by atoms with E-state index >= 15 is 0 Å². The maximum atomic E-state index is 8.79. The van der Waals surface area contributed by atoms with Crippen LogP contribution in [0.5, 0.6) is 0 Å². The summed E-state index contributed by atoms with van der Waals surface area (Å²) in [5, 5.41) is 11.8. The molecule has 18 heavy (non-hydrogen) atoms. The van der Waals surface area contributed by atoms with E-state index in [1.54, 1.807) is 6.20 Å². The van der Waals surface area contributed by atoms with Gasteiger partial charge in [-0.25, -0.2) is 0 Å². The van der Waals surface area contributed by atoms with Gasteiger partial charge in [0, 0.05) is 18.3 Å². The highest BCUT2D eigenvalue weighted by atomic mass is 16.4. The molecule has 0 bridgehead atoms. The minimum atomic E-state index is 0.0719. The Bertz CT molecular complexity index is 456. The summed E-state index contributed by atoms with van der Waals surface area (Å²) in [5.41, 5.74) is 7.44. The number of hydrogen-bond acceptors (Lipinski definition) is 4. The van der Waals surface area contributed by atoms with Crippen LogP contribution in [0.4, 0.5) is 0 Å².